The molecule has 0 bridgehead atoms. The number of hydrogen-bond acceptors (Lipinski definition) is 6. The third-order valence-corrected chi connectivity index (χ3v) is 7.67. The molecule has 9 heteroatoms. The highest BCUT2D eigenvalue weighted by Crippen LogP contribution is 2.24. The predicted molar refractivity (Wildman–Crippen MR) is 124 cm³/mol. The second-order valence-corrected chi connectivity index (χ2v) is 10.4. The third kappa shape index (κ3) is 6.85. The standard InChI is InChI=1S/C24H31N3O5S/c1-18(2)20-7-5-19(6-8-20)9-13-26-23(28)17-32-24(29)21-10-14-27(15-11-21)33(30,31)22-4-3-12-25-16-22/h3-8,12,16,18,21H,9-11,13-15,17H2,1-2H3,(H,26,28). The Bertz CT molecular complexity index is 1030. The summed E-state index contributed by atoms with van der Waals surface area (Å²) in [7, 11) is -3.62. The second-order valence-electron chi connectivity index (χ2n) is 8.47. The lowest BCUT2D eigenvalue weighted by Crippen LogP contribution is -2.41. The molecule has 0 saturated carbocycles. The highest BCUT2D eigenvalue weighted by molar-refractivity contribution is 7.89. The quantitative estimate of drug-likeness (QED) is 0.561. The summed E-state index contributed by atoms with van der Waals surface area (Å²) in [6.07, 6.45) is 4.23. The number of aromatic nitrogens is 1. The Balaban J connectivity index is 1.36. The summed E-state index contributed by atoms with van der Waals surface area (Å²) in [5, 5.41) is 2.76. The van der Waals surface area contributed by atoms with E-state index in [1.54, 1.807) is 6.07 Å². The van der Waals surface area contributed by atoms with Crippen molar-refractivity contribution in [2.75, 3.05) is 26.2 Å². The van der Waals surface area contributed by atoms with Gasteiger partial charge in [-0.25, -0.2) is 8.42 Å². The number of amides is 1. The summed E-state index contributed by atoms with van der Waals surface area (Å²) in [4.78, 5) is 28.4. The maximum Gasteiger partial charge on any atom is 0.309 e. The van der Waals surface area contributed by atoms with Crippen LogP contribution in [0.3, 0.4) is 0 Å². The van der Waals surface area contributed by atoms with Crippen LogP contribution in [0.15, 0.2) is 53.7 Å². The van der Waals surface area contributed by atoms with Crippen molar-refractivity contribution in [2.24, 2.45) is 5.92 Å². The van der Waals surface area contributed by atoms with Crippen molar-refractivity contribution in [3.8, 4) is 0 Å². The van der Waals surface area contributed by atoms with E-state index >= 15 is 0 Å². The molecule has 1 aromatic heterocycles. The lowest BCUT2D eigenvalue weighted by molar-refractivity contribution is -0.153. The Labute approximate surface area is 195 Å². The number of ether oxygens (including phenoxy) is 1. The summed E-state index contributed by atoms with van der Waals surface area (Å²) in [5.74, 6) is -0.754. The molecule has 178 valence electrons. The van der Waals surface area contributed by atoms with Crippen LogP contribution in [0.25, 0.3) is 0 Å². The number of sulfonamides is 1. The number of nitrogens with zero attached hydrogens (tertiary/aromatic N) is 2. The topological polar surface area (TPSA) is 106 Å². The summed E-state index contributed by atoms with van der Waals surface area (Å²) in [6.45, 7) is 4.85. The Hall–Kier alpha value is -2.78. The van der Waals surface area contributed by atoms with Crippen LogP contribution in [0.2, 0.25) is 0 Å². The van der Waals surface area contributed by atoms with Crippen LogP contribution in [0, 0.1) is 5.92 Å². The van der Waals surface area contributed by atoms with E-state index in [0.29, 0.717) is 31.7 Å². The number of carbonyl (C=O) groups is 2. The van der Waals surface area contributed by atoms with E-state index in [4.69, 9.17) is 4.74 Å². The molecule has 1 fully saturated rings. The van der Waals surface area contributed by atoms with Crippen molar-refractivity contribution >= 4 is 21.9 Å². The van der Waals surface area contributed by atoms with E-state index in [2.05, 4.69) is 48.4 Å². The molecule has 3 rings (SSSR count). The van der Waals surface area contributed by atoms with Gasteiger partial charge in [-0.15, -0.1) is 0 Å². The van der Waals surface area contributed by atoms with E-state index in [1.807, 2.05) is 0 Å². The van der Waals surface area contributed by atoms with Crippen LogP contribution >= 0.6 is 0 Å². The van der Waals surface area contributed by atoms with Crippen LogP contribution in [-0.4, -0.2) is 55.8 Å². The fraction of sp³-hybridized carbons (Fsp3) is 0.458. The van der Waals surface area contributed by atoms with Crippen molar-refractivity contribution in [3.63, 3.8) is 0 Å². The Morgan fingerprint density at radius 1 is 1.15 bits per heavy atom. The van der Waals surface area contributed by atoms with Gasteiger partial charge in [0.15, 0.2) is 6.61 Å². The molecular formula is C24H31N3O5S. The van der Waals surface area contributed by atoms with Gasteiger partial charge in [0.2, 0.25) is 10.0 Å². The highest BCUT2D eigenvalue weighted by Gasteiger charge is 2.33. The van der Waals surface area contributed by atoms with E-state index in [-0.39, 0.29) is 30.5 Å². The summed E-state index contributed by atoms with van der Waals surface area (Å²) in [5.41, 5.74) is 2.40. The second kappa shape index (κ2) is 11.4. The zero-order chi connectivity index (χ0) is 23.8. The van der Waals surface area contributed by atoms with Crippen LogP contribution < -0.4 is 5.32 Å². The van der Waals surface area contributed by atoms with E-state index < -0.39 is 21.9 Å². The van der Waals surface area contributed by atoms with Crippen molar-refractivity contribution in [2.45, 2.75) is 43.9 Å². The zero-order valence-corrected chi connectivity index (χ0v) is 19.9. The highest BCUT2D eigenvalue weighted by atomic mass is 32.2. The van der Waals surface area contributed by atoms with Crippen LogP contribution in [0.5, 0.6) is 0 Å². The molecule has 1 amide bonds. The van der Waals surface area contributed by atoms with Gasteiger partial charge in [-0.05, 0) is 48.4 Å². The molecule has 2 heterocycles. The monoisotopic (exact) mass is 473 g/mol. The summed E-state index contributed by atoms with van der Waals surface area (Å²) < 4.78 is 31.8. The van der Waals surface area contributed by atoms with E-state index in [1.165, 1.54) is 28.3 Å². The number of carbonyl (C=O) groups excluding carboxylic acids is 2. The Morgan fingerprint density at radius 3 is 2.45 bits per heavy atom. The van der Waals surface area contributed by atoms with Gasteiger partial charge in [0.1, 0.15) is 4.90 Å². The average Bonchev–Trinajstić information content (AvgIpc) is 2.83. The van der Waals surface area contributed by atoms with Crippen LogP contribution in [0.4, 0.5) is 0 Å². The molecule has 8 nitrogen and oxygen atoms in total. The van der Waals surface area contributed by atoms with E-state index in [0.717, 1.165) is 5.56 Å². The van der Waals surface area contributed by atoms with Gasteiger partial charge in [0.25, 0.3) is 5.91 Å². The van der Waals surface area contributed by atoms with Gasteiger partial charge in [-0.1, -0.05) is 38.1 Å². The van der Waals surface area contributed by atoms with Gasteiger partial charge >= 0.3 is 5.97 Å². The molecular weight excluding hydrogens is 442 g/mol. The van der Waals surface area contributed by atoms with Gasteiger partial charge in [0, 0.05) is 32.0 Å². The molecule has 1 aliphatic heterocycles. The van der Waals surface area contributed by atoms with Crippen LogP contribution in [0.1, 0.15) is 43.7 Å². The van der Waals surface area contributed by atoms with E-state index in [9.17, 15) is 18.0 Å². The first kappa shape index (κ1) is 24.9. The van der Waals surface area contributed by atoms with Crippen molar-refractivity contribution in [3.05, 3.63) is 59.9 Å². The smallest absolute Gasteiger partial charge is 0.309 e. The molecule has 0 aliphatic carbocycles. The molecule has 2 aromatic rings. The summed E-state index contributed by atoms with van der Waals surface area (Å²) >= 11 is 0. The fourth-order valence-electron chi connectivity index (χ4n) is 3.70. The molecule has 0 spiro atoms. The number of esters is 1. The normalized spacial score (nSPS) is 15.4. The van der Waals surface area contributed by atoms with Crippen molar-refractivity contribution < 1.29 is 22.7 Å². The first-order valence-corrected chi connectivity index (χ1v) is 12.6. The number of nitrogens with one attached hydrogen (secondary N) is 1. The molecule has 0 unspecified atom stereocenters. The molecule has 1 N–H and O–H groups in total. The molecule has 0 atom stereocenters. The van der Waals surface area contributed by atoms with Gasteiger partial charge in [-0.2, -0.15) is 4.31 Å². The van der Waals surface area contributed by atoms with Gasteiger partial charge in [-0.3, -0.25) is 14.6 Å². The maximum absolute atomic E-state index is 12.6. The summed E-state index contributed by atoms with van der Waals surface area (Å²) in [6, 6.07) is 11.4. The first-order valence-electron chi connectivity index (χ1n) is 11.2. The molecule has 1 aromatic carbocycles. The molecule has 0 radical (unpaired) electrons. The van der Waals surface area contributed by atoms with Crippen molar-refractivity contribution in [1.29, 1.82) is 0 Å². The minimum absolute atomic E-state index is 0.138. The number of pyridine rings is 1. The number of benzene rings is 1. The SMILES string of the molecule is CC(C)c1ccc(CCNC(=O)COC(=O)C2CCN(S(=O)(=O)c3cccnc3)CC2)cc1. The Morgan fingerprint density at radius 2 is 1.85 bits per heavy atom. The molecule has 33 heavy (non-hydrogen) atoms. The minimum atomic E-state index is -3.62. The Kier molecular flexibility index (Phi) is 8.57. The predicted octanol–water partition coefficient (Wildman–Crippen LogP) is 2.51. The molecule has 1 saturated heterocycles. The average molecular weight is 474 g/mol. The van der Waals surface area contributed by atoms with Crippen LogP contribution in [-0.2, 0) is 30.8 Å². The molecule has 1 aliphatic rings. The first-order chi connectivity index (χ1) is 15.8. The van der Waals surface area contributed by atoms with Crippen molar-refractivity contribution in [1.82, 2.24) is 14.6 Å². The lowest BCUT2D eigenvalue weighted by Gasteiger charge is -2.29. The van der Waals surface area contributed by atoms with Gasteiger partial charge < -0.3 is 10.1 Å². The van der Waals surface area contributed by atoms with Gasteiger partial charge in [0.05, 0.1) is 5.92 Å². The number of hydrogen-bond donors (Lipinski definition) is 1. The number of rotatable bonds is 9. The third-order valence-electron chi connectivity index (χ3n) is 5.79. The maximum atomic E-state index is 12.6. The lowest BCUT2D eigenvalue weighted by atomic mass is 9.98. The fourth-order valence-corrected chi connectivity index (χ4v) is 5.14. The number of piperidine rings is 1. The minimum Gasteiger partial charge on any atom is -0.455 e. The zero-order valence-electron chi connectivity index (χ0n) is 19.1. The largest absolute Gasteiger partial charge is 0.455 e.